The minimum atomic E-state index is -4.54. The van der Waals surface area contributed by atoms with Gasteiger partial charge in [0.2, 0.25) is 4.88 Å². The molecule has 204 valence electrons. The summed E-state index contributed by atoms with van der Waals surface area (Å²) in [6.07, 6.45) is -3.88. The van der Waals surface area contributed by atoms with Crippen molar-refractivity contribution in [1.82, 2.24) is 19.4 Å². The molecule has 4 aromatic rings. The number of hydrogen-bond acceptors (Lipinski definition) is 6. The fourth-order valence-corrected chi connectivity index (χ4v) is 5.70. The van der Waals surface area contributed by atoms with Gasteiger partial charge in [-0.3, -0.25) is 13.9 Å². The van der Waals surface area contributed by atoms with Crippen molar-refractivity contribution >= 4 is 35.1 Å². The number of fused-ring (bicyclic) bond motifs is 1. The molecule has 39 heavy (non-hydrogen) atoms. The minimum absolute atomic E-state index is 0.0340. The van der Waals surface area contributed by atoms with E-state index in [2.05, 4.69) is 40.8 Å². The summed E-state index contributed by atoms with van der Waals surface area (Å²) in [5.74, 6) is -0.624. The van der Waals surface area contributed by atoms with Crippen molar-refractivity contribution < 1.29 is 27.1 Å². The molecule has 3 heterocycles. The van der Waals surface area contributed by atoms with Gasteiger partial charge in [0.15, 0.2) is 12.5 Å². The fourth-order valence-electron chi connectivity index (χ4n) is 4.73. The number of benzene rings is 2. The van der Waals surface area contributed by atoms with E-state index in [-0.39, 0.29) is 16.2 Å². The Morgan fingerprint density at radius 3 is 2.62 bits per heavy atom. The molecule has 0 bridgehead atoms. The SMILES string of the molecule is C=[O+]C(=O)c1sc(-n2cnc3ccc(CN4CCN(C)CC4)cc32)cc1OC(C)c1ccccc1C(F)(F)F. The van der Waals surface area contributed by atoms with E-state index in [1.165, 1.54) is 25.1 Å². The van der Waals surface area contributed by atoms with Crippen LogP contribution in [-0.4, -0.2) is 65.3 Å². The average molecular weight is 558 g/mol. The molecular formula is C28H28F3N4O3S+. The second-order valence-corrected chi connectivity index (χ2v) is 10.6. The summed E-state index contributed by atoms with van der Waals surface area (Å²) in [6, 6.07) is 12.9. The number of thiophene rings is 1. The molecule has 5 rings (SSSR count). The lowest BCUT2D eigenvalue weighted by atomic mass is 10.0. The van der Waals surface area contributed by atoms with Gasteiger partial charge in [-0.15, -0.1) is 11.3 Å². The van der Waals surface area contributed by atoms with E-state index in [0.29, 0.717) is 5.00 Å². The summed E-state index contributed by atoms with van der Waals surface area (Å²) in [6.45, 7) is 9.56. The van der Waals surface area contributed by atoms with Crippen molar-refractivity contribution in [2.24, 2.45) is 0 Å². The first-order chi connectivity index (χ1) is 18.6. The van der Waals surface area contributed by atoms with E-state index < -0.39 is 23.8 Å². The molecule has 1 aliphatic rings. The highest BCUT2D eigenvalue weighted by molar-refractivity contribution is 7.16. The maximum atomic E-state index is 13.6. The van der Waals surface area contributed by atoms with Crippen LogP contribution in [0.5, 0.6) is 5.75 Å². The number of carbonyl (C=O) groups excluding carboxylic acids is 2. The van der Waals surface area contributed by atoms with Crippen LogP contribution in [0.2, 0.25) is 0 Å². The zero-order chi connectivity index (χ0) is 27.7. The first kappa shape index (κ1) is 27.0. The lowest BCUT2D eigenvalue weighted by Crippen LogP contribution is -2.43. The van der Waals surface area contributed by atoms with Crippen LogP contribution in [0, 0.1) is 0 Å². The van der Waals surface area contributed by atoms with Gasteiger partial charge in [-0.25, -0.2) is 4.98 Å². The quantitative estimate of drug-likeness (QED) is 0.281. The average Bonchev–Trinajstić information content (AvgIpc) is 3.53. The number of alkyl halides is 3. The molecule has 11 heteroatoms. The predicted molar refractivity (Wildman–Crippen MR) is 144 cm³/mol. The van der Waals surface area contributed by atoms with Gasteiger partial charge in [0.05, 0.1) is 21.4 Å². The first-order valence-corrected chi connectivity index (χ1v) is 13.3. The van der Waals surface area contributed by atoms with E-state index >= 15 is 0 Å². The van der Waals surface area contributed by atoms with Gasteiger partial charge in [0.25, 0.3) is 0 Å². The van der Waals surface area contributed by atoms with E-state index in [1.807, 2.05) is 10.6 Å². The van der Waals surface area contributed by atoms with E-state index in [0.717, 1.165) is 66.7 Å². The molecule has 1 atom stereocenters. The molecular weight excluding hydrogens is 529 g/mol. The number of rotatable bonds is 7. The summed E-state index contributed by atoms with van der Waals surface area (Å²) in [4.78, 5) is 21.9. The Hall–Kier alpha value is -3.54. The van der Waals surface area contributed by atoms with E-state index in [1.54, 1.807) is 12.4 Å². The van der Waals surface area contributed by atoms with Crippen molar-refractivity contribution in [2.75, 3.05) is 33.2 Å². The van der Waals surface area contributed by atoms with Gasteiger partial charge >= 0.3 is 12.1 Å². The van der Waals surface area contributed by atoms with Crippen LogP contribution < -0.4 is 4.74 Å². The zero-order valence-corrected chi connectivity index (χ0v) is 22.4. The summed E-state index contributed by atoms with van der Waals surface area (Å²) in [7, 11) is 2.12. The van der Waals surface area contributed by atoms with Crippen LogP contribution in [0.15, 0.2) is 54.9 Å². The number of nitrogens with zero attached hydrogens (tertiary/aromatic N) is 4. The third kappa shape index (κ3) is 5.75. The molecule has 1 fully saturated rings. The standard InChI is InChI=1S/C28H28F3N4O3S/c1-18(20-6-4-5-7-21(20)28(29,30)31)38-24-15-25(39-26(24)27(36)37-3)35-17-32-22-9-8-19(14-23(22)35)16-34-12-10-33(2)11-13-34/h4-9,14-15,17-18H,3,10-13,16H2,1-2H3/q+1. The van der Waals surface area contributed by atoms with E-state index in [4.69, 9.17) is 9.16 Å². The Kier molecular flexibility index (Phi) is 7.57. The van der Waals surface area contributed by atoms with Crippen molar-refractivity contribution in [3.63, 3.8) is 0 Å². The second-order valence-electron chi connectivity index (χ2n) is 9.57. The third-order valence-electron chi connectivity index (χ3n) is 6.86. The van der Waals surface area contributed by atoms with Gasteiger partial charge < -0.3 is 9.64 Å². The molecule has 1 saturated heterocycles. The number of likely N-dealkylation sites (N-methyl/N-ethyl adjacent to an activating group) is 1. The Bertz CT molecular complexity index is 1510. The van der Waals surface area contributed by atoms with Gasteiger partial charge in [-0.1, -0.05) is 24.3 Å². The maximum absolute atomic E-state index is 13.6. The van der Waals surface area contributed by atoms with Crippen LogP contribution in [0.3, 0.4) is 0 Å². The monoisotopic (exact) mass is 557 g/mol. The topological polar surface area (TPSA) is 61.9 Å². The van der Waals surface area contributed by atoms with Crippen LogP contribution in [0.1, 0.15) is 39.4 Å². The Balaban J connectivity index is 1.47. The van der Waals surface area contributed by atoms with Gasteiger partial charge in [-0.2, -0.15) is 13.2 Å². The third-order valence-corrected chi connectivity index (χ3v) is 7.96. The summed E-state index contributed by atoms with van der Waals surface area (Å²) >= 11 is 1.10. The van der Waals surface area contributed by atoms with Gasteiger partial charge in [0, 0.05) is 44.4 Å². The first-order valence-electron chi connectivity index (χ1n) is 12.4. The Labute approximate surface area is 227 Å². The molecule has 1 aliphatic heterocycles. The van der Waals surface area contributed by atoms with Crippen LogP contribution in [-0.2, 0) is 17.1 Å². The molecule has 7 nitrogen and oxygen atoms in total. The van der Waals surface area contributed by atoms with Crippen molar-refractivity contribution in [3.05, 3.63) is 76.4 Å². The summed E-state index contributed by atoms with van der Waals surface area (Å²) < 4.78 is 53.3. The summed E-state index contributed by atoms with van der Waals surface area (Å²) in [5.41, 5.74) is 1.94. The van der Waals surface area contributed by atoms with Crippen molar-refractivity contribution in [1.29, 1.82) is 0 Å². The van der Waals surface area contributed by atoms with Crippen LogP contribution in [0.25, 0.3) is 16.0 Å². The molecule has 0 aliphatic carbocycles. The highest BCUT2D eigenvalue weighted by atomic mass is 32.1. The molecule has 0 radical (unpaired) electrons. The number of imidazole rings is 1. The molecule has 1 unspecified atom stereocenters. The van der Waals surface area contributed by atoms with Crippen molar-refractivity contribution in [3.8, 4) is 10.8 Å². The van der Waals surface area contributed by atoms with Gasteiger partial charge in [0.1, 0.15) is 17.4 Å². The molecule has 2 aromatic carbocycles. The fraction of sp³-hybridized carbons (Fsp3) is 0.321. The highest BCUT2D eigenvalue weighted by Gasteiger charge is 2.35. The number of aromatic nitrogens is 2. The lowest BCUT2D eigenvalue weighted by Gasteiger charge is -2.32. The van der Waals surface area contributed by atoms with Crippen LogP contribution >= 0.6 is 11.3 Å². The molecule has 0 N–H and O–H groups in total. The normalized spacial score (nSPS) is 15.9. The number of piperazine rings is 1. The van der Waals surface area contributed by atoms with Crippen molar-refractivity contribution in [2.45, 2.75) is 25.7 Å². The lowest BCUT2D eigenvalue weighted by molar-refractivity contribution is -0.333. The smallest absolute Gasteiger partial charge is 0.484 e. The number of ether oxygens (including phenoxy) is 1. The minimum Gasteiger partial charge on any atom is -0.484 e. The number of carbonyl (C=O) groups is 1. The Morgan fingerprint density at radius 1 is 1.15 bits per heavy atom. The number of halogens is 3. The van der Waals surface area contributed by atoms with Crippen LogP contribution in [0.4, 0.5) is 13.2 Å². The molecule has 0 spiro atoms. The van der Waals surface area contributed by atoms with E-state index in [9.17, 15) is 18.0 Å². The number of hydrogen-bond donors (Lipinski definition) is 0. The predicted octanol–water partition coefficient (Wildman–Crippen LogP) is 5.50. The summed E-state index contributed by atoms with van der Waals surface area (Å²) in [5, 5.41) is 0.612. The largest absolute Gasteiger partial charge is 0.626 e. The molecule has 0 saturated carbocycles. The Morgan fingerprint density at radius 2 is 1.90 bits per heavy atom. The zero-order valence-electron chi connectivity index (χ0n) is 21.6. The highest BCUT2D eigenvalue weighted by Crippen LogP contribution is 2.39. The molecule has 0 amide bonds. The van der Waals surface area contributed by atoms with Gasteiger partial charge in [-0.05, 0) is 37.7 Å². The maximum Gasteiger partial charge on any atom is 0.626 e. The second kappa shape index (κ2) is 10.9. The molecule has 2 aromatic heterocycles.